The molecule has 5 rings (SSSR count). The number of aromatic nitrogens is 3. The Morgan fingerprint density at radius 3 is 2.30 bits per heavy atom. The van der Waals surface area contributed by atoms with E-state index in [-0.39, 0.29) is 17.9 Å². The summed E-state index contributed by atoms with van der Waals surface area (Å²) >= 11 is 0. The molecule has 2 aromatic heterocycles. The van der Waals surface area contributed by atoms with E-state index in [0.29, 0.717) is 22.8 Å². The molecule has 0 radical (unpaired) electrons. The number of carbonyl (C=O) groups is 2. The second-order valence-corrected chi connectivity index (χ2v) is 7.68. The van der Waals surface area contributed by atoms with E-state index in [9.17, 15) is 9.59 Å². The van der Waals surface area contributed by atoms with Crippen LogP contribution in [0.2, 0.25) is 0 Å². The maximum atomic E-state index is 12.1. The van der Waals surface area contributed by atoms with E-state index < -0.39 is 0 Å². The van der Waals surface area contributed by atoms with Crippen LogP contribution < -0.4 is 16.0 Å². The summed E-state index contributed by atoms with van der Waals surface area (Å²) in [6.45, 7) is 0. The van der Waals surface area contributed by atoms with Crippen molar-refractivity contribution in [3.05, 3.63) is 84.2 Å². The Morgan fingerprint density at radius 2 is 1.58 bits per heavy atom. The van der Waals surface area contributed by atoms with Crippen molar-refractivity contribution in [2.24, 2.45) is 5.92 Å². The highest BCUT2D eigenvalue weighted by atomic mass is 16.2. The van der Waals surface area contributed by atoms with Gasteiger partial charge in [-0.15, -0.1) is 0 Å². The van der Waals surface area contributed by atoms with Crippen molar-refractivity contribution in [2.75, 3.05) is 16.0 Å². The number of hydrogen-bond acceptors (Lipinski definition) is 4. The van der Waals surface area contributed by atoms with Gasteiger partial charge in [-0.2, -0.15) is 5.10 Å². The third kappa shape index (κ3) is 5.17. The van der Waals surface area contributed by atoms with E-state index in [0.717, 1.165) is 24.1 Å². The lowest BCUT2D eigenvalue weighted by Crippen LogP contribution is -2.19. The third-order valence-corrected chi connectivity index (χ3v) is 5.03. The standard InChI is InChI=1S/C25H20N6O2/c32-24(18-9-10-18)29-22-16-31-23(28-22)15-14-21(30-31)13-8-17-6-11-20(12-7-17)27-25(33)26-19-4-2-1-3-5-19/h1-7,11-12,14-16,18H,9-10H2,(H,29,32)(H2,26,27,33). The second kappa shape index (κ2) is 8.85. The van der Waals surface area contributed by atoms with Crippen LogP contribution in [0.15, 0.2) is 72.9 Å². The molecule has 3 N–H and O–H groups in total. The van der Waals surface area contributed by atoms with Crippen molar-refractivity contribution < 1.29 is 9.59 Å². The Hall–Kier alpha value is -4.64. The van der Waals surface area contributed by atoms with E-state index in [4.69, 9.17) is 0 Å². The minimum Gasteiger partial charge on any atom is -0.309 e. The molecule has 1 saturated carbocycles. The van der Waals surface area contributed by atoms with Crippen LogP contribution in [0.4, 0.5) is 22.0 Å². The van der Waals surface area contributed by atoms with Gasteiger partial charge in [0.2, 0.25) is 5.91 Å². The quantitative estimate of drug-likeness (QED) is 0.419. The summed E-state index contributed by atoms with van der Waals surface area (Å²) in [4.78, 5) is 28.4. The molecule has 33 heavy (non-hydrogen) atoms. The number of para-hydroxylation sites is 1. The molecular weight excluding hydrogens is 416 g/mol. The summed E-state index contributed by atoms with van der Waals surface area (Å²) in [6, 6.07) is 19.7. The van der Waals surface area contributed by atoms with Crippen LogP contribution in [0.3, 0.4) is 0 Å². The summed E-state index contributed by atoms with van der Waals surface area (Å²) < 4.78 is 1.60. The fourth-order valence-corrected chi connectivity index (χ4v) is 3.17. The largest absolute Gasteiger partial charge is 0.323 e. The summed E-state index contributed by atoms with van der Waals surface area (Å²) in [5.74, 6) is 6.70. The Balaban J connectivity index is 1.22. The highest BCUT2D eigenvalue weighted by Crippen LogP contribution is 2.30. The monoisotopic (exact) mass is 436 g/mol. The van der Waals surface area contributed by atoms with Crippen molar-refractivity contribution in [3.63, 3.8) is 0 Å². The molecule has 0 bridgehead atoms. The Bertz CT molecular complexity index is 1380. The molecule has 4 aromatic rings. The number of nitrogens with zero attached hydrogens (tertiary/aromatic N) is 3. The number of benzene rings is 2. The summed E-state index contributed by atoms with van der Waals surface area (Å²) in [7, 11) is 0. The molecular formula is C25H20N6O2. The first-order valence-corrected chi connectivity index (χ1v) is 10.5. The van der Waals surface area contributed by atoms with Crippen LogP contribution in [0.5, 0.6) is 0 Å². The maximum absolute atomic E-state index is 12.1. The highest BCUT2D eigenvalue weighted by molar-refractivity contribution is 5.99. The van der Waals surface area contributed by atoms with E-state index in [2.05, 4.69) is 37.9 Å². The zero-order valence-corrected chi connectivity index (χ0v) is 17.6. The SMILES string of the molecule is O=C(Nc1ccccc1)Nc1ccc(C#Cc2ccc3nc(NC(=O)C4CC4)cn3n2)cc1. The molecule has 8 nitrogen and oxygen atoms in total. The molecule has 2 heterocycles. The lowest BCUT2D eigenvalue weighted by molar-refractivity contribution is -0.117. The van der Waals surface area contributed by atoms with E-state index in [1.165, 1.54) is 0 Å². The number of rotatable bonds is 4. The topological polar surface area (TPSA) is 100 Å². The molecule has 0 saturated heterocycles. The molecule has 0 aliphatic heterocycles. The van der Waals surface area contributed by atoms with Crippen LogP contribution in [-0.2, 0) is 4.79 Å². The van der Waals surface area contributed by atoms with Crippen molar-refractivity contribution in [1.82, 2.24) is 14.6 Å². The number of urea groups is 1. The van der Waals surface area contributed by atoms with Gasteiger partial charge in [-0.1, -0.05) is 24.1 Å². The molecule has 8 heteroatoms. The van der Waals surface area contributed by atoms with Gasteiger partial charge >= 0.3 is 6.03 Å². The van der Waals surface area contributed by atoms with Crippen LogP contribution >= 0.6 is 0 Å². The van der Waals surface area contributed by atoms with Gasteiger partial charge < -0.3 is 16.0 Å². The van der Waals surface area contributed by atoms with Gasteiger partial charge in [-0.05, 0) is 67.3 Å². The summed E-state index contributed by atoms with van der Waals surface area (Å²) in [5.41, 5.74) is 3.37. The lowest BCUT2D eigenvalue weighted by Gasteiger charge is -2.07. The zero-order valence-electron chi connectivity index (χ0n) is 17.6. The van der Waals surface area contributed by atoms with Crippen molar-refractivity contribution in [3.8, 4) is 11.8 Å². The number of nitrogens with one attached hydrogen (secondary N) is 3. The normalized spacial score (nSPS) is 12.5. The van der Waals surface area contributed by atoms with Crippen molar-refractivity contribution in [2.45, 2.75) is 12.8 Å². The number of amides is 3. The predicted molar refractivity (Wildman–Crippen MR) is 126 cm³/mol. The number of fused-ring (bicyclic) bond motifs is 1. The summed E-state index contributed by atoms with van der Waals surface area (Å²) in [6.07, 6.45) is 3.56. The molecule has 1 fully saturated rings. The first-order chi connectivity index (χ1) is 16.1. The van der Waals surface area contributed by atoms with Crippen LogP contribution in [-0.4, -0.2) is 26.5 Å². The van der Waals surface area contributed by atoms with Gasteiger partial charge in [0.1, 0.15) is 5.69 Å². The number of anilines is 3. The molecule has 2 aromatic carbocycles. The van der Waals surface area contributed by atoms with Gasteiger partial charge in [0.25, 0.3) is 0 Å². The predicted octanol–water partition coefficient (Wildman–Crippen LogP) is 4.12. The van der Waals surface area contributed by atoms with Crippen LogP contribution in [0.25, 0.3) is 5.65 Å². The minimum atomic E-state index is -0.314. The minimum absolute atomic E-state index is 0.00825. The van der Waals surface area contributed by atoms with Gasteiger partial charge in [0, 0.05) is 22.9 Å². The van der Waals surface area contributed by atoms with Crippen molar-refractivity contribution in [1.29, 1.82) is 0 Å². The molecule has 0 spiro atoms. The molecule has 3 amide bonds. The second-order valence-electron chi connectivity index (χ2n) is 7.68. The molecule has 162 valence electrons. The molecule has 1 aliphatic rings. The van der Waals surface area contributed by atoms with E-state index in [1.54, 1.807) is 28.9 Å². The third-order valence-electron chi connectivity index (χ3n) is 5.03. The smallest absolute Gasteiger partial charge is 0.309 e. The molecule has 0 atom stereocenters. The average molecular weight is 436 g/mol. The molecule has 1 aliphatic carbocycles. The summed E-state index contributed by atoms with van der Waals surface area (Å²) in [5, 5.41) is 12.8. The first-order valence-electron chi connectivity index (χ1n) is 10.5. The number of hydrogen-bond donors (Lipinski definition) is 3. The fourth-order valence-electron chi connectivity index (χ4n) is 3.17. The lowest BCUT2D eigenvalue weighted by atomic mass is 10.2. The zero-order chi connectivity index (χ0) is 22.6. The van der Waals surface area contributed by atoms with Crippen LogP contribution in [0.1, 0.15) is 24.1 Å². The Kier molecular flexibility index (Phi) is 5.43. The van der Waals surface area contributed by atoms with Gasteiger partial charge in [-0.25, -0.2) is 14.3 Å². The van der Waals surface area contributed by atoms with Crippen molar-refractivity contribution >= 4 is 34.8 Å². The van der Waals surface area contributed by atoms with Gasteiger partial charge in [0.15, 0.2) is 11.5 Å². The molecule has 0 unspecified atom stereocenters. The number of carbonyl (C=O) groups excluding carboxylic acids is 2. The first kappa shape index (κ1) is 20.3. The Morgan fingerprint density at radius 1 is 0.848 bits per heavy atom. The van der Waals surface area contributed by atoms with Gasteiger partial charge in [-0.3, -0.25) is 4.79 Å². The maximum Gasteiger partial charge on any atom is 0.323 e. The van der Waals surface area contributed by atoms with Gasteiger partial charge in [0.05, 0.1) is 6.20 Å². The fraction of sp³-hybridized carbons (Fsp3) is 0.120. The highest BCUT2D eigenvalue weighted by Gasteiger charge is 2.30. The van der Waals surface area contributed by atoms with E-state index >= 15 is 0 Å². The number of imidazole rings is 1. The average Bonchev–Trinajstić information content (AvgIpc) is 3.60. The van der Waals surface area contributed by atoms with E-state index in [1.807, 2.05) is 48.5 Å². The Labute approximate surface area is 190 Å². The van der Waals surface area contributed by atoms with Crippen LogP contribution in [0, 0.1) is 17.8 Å².